The second kappa shape index (κ2) is 4.98. The fraction of sp³-hybridized carbons (Fsp3) is 0.900. The summed E-state index contributed by atoms with van der Waals surface area (Å²) in [4.78, 5) is 0.0468. The van der Waals surface area contributed by atoms with Crippen molar-refractivity contribution in [3.8, 4) is 0 Å². The Labute approximate surface area is 103 Å². The number of rotatable bonds is 5. The molecule has 0 radical (unpaired) electrons. The summed E-state index contributed by atoms with van der Waals surface area (Å²) in [5.74, 6) is -0.203. The minimum Gasteiger partial charge on any atom is -0.392 e. The van der Waals surface area contributed by atoms with E-state index in [-0.39, 0.29) is 16.2 Å². The van der Waals surface area contributed by atoms with Crippen molar-refractivity contribution in [2.75, 3.05) is 18.8 Å². The van der Waals surface area contributed by atoms with Crippen LogP contribution in [0.25, 0.3) is 0 Å². The minimum atomic E-state index is -3.28. The van der Waals surface area contributed by atoms with Crippen molar-refractivity contribution >= 4 is 27.2 Å². The molecule has 4 nitrogen and oxygen atoms in total. The zero-order valence-corrected chi connectivity index (χ0v) is 11.5. The van der Waals surface area contributed by atoms with Crippen LogP contribution in [-0.2, 0) is 10.0 Å². The molecule has 0 spiro atoms. The monoisotopic (exact) mass is 264 g/mol. The van der Waals surface area contributed by atoms with Gasteiger partial charge in [-0.2, -0.15) is 0 Å². The lowest BCUT2D eigenvalue weighted by Gasteiger charge is -2.26. The van der Waals surface area contributed by atoms with E-state index in [2.05, 4.69) is 26.1 Å². The van der Waals surface area contributed by atoms with Gasteiger partial charge in [0.25, 0.3) is 0 Å². The van der Waals surface area contributed by atoms with E-state index in [1.807, 2.05) is 0 Å². The SMILES string of the molecule is CCC1(CC)CCN(S(=O)(=O)CC(N)=S)C1. The normalized spacial score (nSPS) is 21.1. The zero-order chi connectivity index (χ0) is 12.4. The highest BCUT2D eigenvalue weighted by atomic mass is 32.2. The summed E-state index contributed by atoms with van der Waals surface area (Å²) in [5.41, 5.74) is 5.46. The van der Waals surface area contributed by atoms with E-state index in [0.29, 0.717) is 13.1 Å². The van der Waals surface area contributed by atoms with E-state index in [1.54, 1.807) is 4.31 Å². The van der Waals surface area contributed by atoms with Crippen LogP contribution in [0.2, 0.25) is 0 Å². The molecule has 0 saturated carbocycles. The van der Waals surface area contributed by atoms with E-state index in [9.17, 15) is 8.42 Å². The molecule has 0 bridgehead atoms. The lowest BCUT2D eigenvalue weighted by molar-refractivity contribution is 0.280. The molecule has 0 aromatic heterocycles. The van der Waals surface area contributed by atoms with Crippen LogP contribution >= 0.6 is 12.2 Å². The van der Waals surface area contributed by atoms with Crippen LogP contribution in [0.3, 0.4) is 0 Å². The van der Waals surface area contributed by atoms with Crippen molar-refractivity contribution in [3.63, 3.8) is 0 Å². The molecule has 0 aromatic rings. The summed E-state index contributed by atoms with van der Waals surface area (Å²) in [5, 5.41) is 0. The summed E-state index contributed by atoms with van der Waals surface area (Å²) >= 11 is 4.67. The van der Waals surface area contributed by atoms with Gasteiger partial charge in [-0.15, -0.1) is 0 Å². The molecule has 1 aliphatic heterocycles. The zero-order valence-electron chi connectivity index (χ0n) is 9.90. The van der Waals surface area contributed by atoms with Gasteiger partial charge in [0.1, 0.15) is 5.75 Å². The van der Waals surface area contributed by atoms with Gasteiger partial charge in [-0.05, 0) is 24.7 Å². The molecule has 6 heteroatoms. The Kier molecular flexibility index (Phi) is 4.31. The number of hydrogen-bond donors (Lipinski definition) is 1. The Hall–Kier alpha value is -0.200. The van der Waals surface area contributed by atoms with Crippen molar-refractivity contribution in [2.24, 2.45) is 11.1 Å². The maximum Gasteiger partial charge on any atom is 0.220 e. The number of hydrogen-bond acceptors (Lipinski definition) is 3. The second-order valence-electron chi connectivity index (χ2n) is 4.51. The van der Waals surface area contributed by atoms with Crippen LogP contribution in [-0.4, -0.2) is 36.6 Å². The van der Waals surface area contributed by atoms with Crippen molar-refractivity contribution in [2.45, 2.75) is 33.1 Å². The van der Waals surface area contributed by atoms with Crippen LogP contribution in [0.1, 0.15) is 33.1 Å². The highest BCUT2D eigenvalue weighted by Crippen LogP contribution is 2.38. The van der Waals surface area contributed by atoms with E-state index in [1.165, 1.54) is 0 Å². The number of thiocarbonyl (C=S) groups is 1. The van der Waals surface area contributed by atoms with Crippen LogP contribution in [0, 0.1) is 5.41 Å². The quantitative estimate of drug-likeness (QED) is 0.756. The van der Waals surface area contributed by atoms with Gasteiger partial charge in [0, 0.05) is 13.1 Å². The fourth-order valence-electron chi connectivity index (χ4n) is 2.23. The average Bonchev–Trinajstić information content (AvgIpc) is 2.61. The standard InChI is InChI=1S/C10H20N2O2S2/c1-3-10(4-2)5-6-12(8-10)16(13,14)7-9(11)15/h3-8H2,1-2H3,(H2,11,15). The highest BCUT2D eigenvalue weighted by Gasteiger charge is 2.39. The third-order valence-electron chi connectivity index (χ3n) is 3.62. The largest absolute Gasteiger partial charge is 0.392 e. The molecule has 1 saturated heterocycles. The molecule has 1 aliphatic rings. The van der Waals surface area contributed by atoms with Crippen molar-refractivity contribution in [1.82, 2.24) is 4.31 Å². The fourth-order valence-corrected chi connectivity index (χ4v) is 4.06. The first-order valence-corrected chi connectivity index (χ1v) is 7.63. The van der Waals surface area contributed by atoms with Crippen LogP contribution in [0.4, 0.5) is 0 Å². The topological polar surface area (TPSA) is 63.4 Å². The number of nitrogens with zero attached hydrogens (tertiary/aromatic N) is 1. The molecule has 0 amide bonds. The number of nitrogens with two attached hydrogens (primary N) is 1. The van der Waals surface area contributed by atoms with Crippen molar-refractivity contribution in [3.05, 3.63) is 0 Å². The van der Waals surface area contributed by atoms with Crippen molar-refractivity contribution in [1.29, 1.82) is 0 Å². The molecule has 0 aromatic carbocycles. The smallest absolute Gasteiger partial charge is 0.220 e. The summed E-state index contributed by atoms with van der Waals surface area (Å²) in [6.45, 7) is 5.46. The van der Waals surface area contributed by atoms with Crippen LogP contribution in [0.5, 0.6) is 0 Å². The first kappa shape index (κ1) is 13.9. The third-order valence-corrected chi connectivity index (χ3v) is 5.72. The van der Waals surface area contributed by atoms with Gasteiger partial charge in [-0.1, -0.05) is 26.1 Å². The van der Waals surface area contributed by atoms with Gasteiger partial charge in [-0.3, -0.25) is 0 Å². The maximum absolute atomic E-state index is 11.9. The van der Waals surface area contributed by atoms with Crippen LogP contribution in [0.15, 0.2) is 0 Å². The minimum absolute atomic E-state index is 0.0468. The molecule has 2 N–H and O–H groups in total. The Morgan fingerprint density at radius 1 is 1.44 bits per heavy atom. The Balaban J connectivity index is 2.76. The first-order valence-electron chi connectivity index (χ1n) is 5.61. The number of sulfonamides is 1. The third kappa shape index (κ3) is 2.93. The van der Waals surface area contributed by atoms with E-state index >= 15 is 0 Å². The molecular formula is C10H20N2O2S2. The van der Waals surface area contributed by atoms with Crippen molar-refractivity contribution < 1.29 is 8.42 Å². The first-order chi connectivity index (χ1) is 7.35. The Morgan fingerprint density at radius 2 is 2.00 bits per heavy atom. The summed E-state index contributed by atoms with van der Waals surface area (Å²) in [6.07, 6.45) is 2.97. The summed E-state index contributed by atoms with van der Waals surface area (Å²) < 4.78 is 25.4. The van der Waals surface area contributed by atoms with Gasteiger partial charge >= 0.3 is 0 Å². The van der Waals surface area contributed by atoms with Gasteiger partial charge in [0.05, 0.1) is 4.99 Å². The summed E-state index contributed by atoms with van der Waals surface area (Å²) in [7, 11) is -3.28. The molecule has 16 heavy (non-hydrogen) atoms. The molecule has 1 fully saturated rings. The molecule has 0 unspecified atom stereocenters. The Morgan fingerprint density at radius 3 is 2.38 bits per heavy atom. The molecule has 0 atom stereocenters. The lowest BCUT2D eigenvalue weighted by atomic mass is 9.82. The predicted molar refractivity (Wildman–Crippen MR) is 69.8 cm³/mol. The highest BCUT2D eigenvalue weighted by molar-refractivity contribution is 7.92. The molecular weight excluding hydrogens is 244 g/mol. The van der Waals surface area contributed by atoms with E-state index < -0.39 is 10.0 Å². The molecule has 1 heterocycles. The molecule has 0 aliphatic carbocycles. The Bertz CT molecular complexity index is 361. The van der Waals surface area contributed by atoms with Gasteiger partial charge in [0.2, 0.25) is 10.0 Å². The molecule has 1 rings (SSSR count). The van der Waals surface area contributed by atoms with Gasteiger partial charge in [-0.25, -0.2) is 12.7 Å². The van der Waals surface area contributed by atoms with E-state index in [4.69, 9.17) is 5.73 Å². The van der Waals surface area contributed by atoms with Crippen LogP contribution < -0.4 is 5.73 Å². The predicted octanol–water partition coefficient (Wildman–Crippen LogP) is 1.11. The summed E-state index contributed by atoms with van der Waals surface area (Å²) in [6, 6.07) is 0. The molecule has 94 valence electrons. The average molecular weight is 264 g/mol. The maximum atomic E-state index is 11.9. The van der Waals surface area contributed by atoms with E-state index in [0.717, 1.165) is 19.3 Å². The van der Waals surface area contributed by atoms with Gasteiger partial charge < -0.3 is 5.73 Å². The van der Waals surface area contributed by atoms with Gasteiger partial charge in [0.15, 0.2) is 0 Å². The second-order valence-corrected chi connectivity index (χ2v) is 7.01. The lowest BCUT2D eigenvalue weighted by Crippen LogP contribution is -2.37.